The van der Waals surface area contributed by atoms with Crippen LogP contribution in [0.1, 0.15) is 57.6 Å². The number of furan rings is 1. The Balaban J connectivity index is 2.14. The maximum Gasteiger partial charge on any atom is 0.242 e. The SMILES string of the molecule is C=CCN(CC(=O)N(Cc1ccc(F)cc1)Cc1ccc(C)o1)C(=O)CC(C)CC(C)(C)C. The van der Waals surface area contributed by atoms with Crippen molar-refractivity contribution in [2.75, 3.05) is 13.1 Å². The highest BCUT2D eigenvalue weighted by Gasteiger charge is 2.24. The molecule has 1 unspecified atom stereocenters. The van der Waals surface area contributed by atoms with E-state index in [0.717, 1.165) is 17.7 Å². The summed E-state index contributed by atoms with van der Waals surface area (Å²) in [5.74, 6) is 1.04. The van der Waals surface area contributed by atoms with Crippen molar-refractivity contribution in [3.8, 4) is 0 Å². The highest BCUT2D eigenvalue weighted by molar-refractivity contribution is 5.85. The zero-order valence-electron chi connectivity index (χ0n) is 20.6. The van der Waals surface area contributed by atoms with E-state index in [0.29, 0.717) is 18.7 Å². The van der Waals surface area contributed by atoms with E-state index in [9.17, 15) is 14.0 Å². The van der Waals surface area contributed by atoms with Crippen molar-refractivity contribution in [2.45, 2.75) is 60.5 Å². The molecule has 1 aromatic heterocycles. The summed E-state index contributed by atoms with van der Waals surface area (Å²) in [5.41, 5.74) is 0.930. The van der Waals surface area contributed by atoms with Crippen molar-refractivity contribution in [2.24, 2.45) is 11.3 Å². The Labute approximate surface area is 197 Å². The molecule has 1 atom stereocenters. The highest BCUT2D eigenvalue weighted by atomic mass is 19.1. The molecule has 0 aliphatic heterocycles. The number of rotatable bonds is 11. The summed E-state index contributed by atoms with van der Waals surface area (Å²) in [6.07, 6.45) is 2.94. The normalized spacial score (nSPS) is 12.3. The van der Waals surface area contributed by atoms with Gasteiger partial charge in [0.15, 0.2) is 0 Å². The Hall–Kier alpha value is -2.89. The van der Waals surface area contributed by atoms with Gasteiger partial charge in [0.2, 0.25) is 11.8 Å². The predicted molar refractivity (Wildman–Crippen MR) is 129 cm³/mol. The molecule has 2 rings (SSSR count). The maximum atomic E-state index is 13.3. The molecule has 1 heterocycles. The second-order valence-corrected chi connectivity index (χ2v) is 10.0. The van der Waals surface area contributed by atoms with Crippen molar-refractivity contribution >= 4 is 11.8 Å². The summed E-state index contributed by atoms with van der Waals surface area (Å²) in [5, 5.41) is 0. The molecule has 1 aromatic carbocycles. The molecule has 0 saturated carbocycles. The molecule has 5 nitrogen and oxygen atoms in total. The molecule has 0 fully saturated rings. The Morgan fingerprint density at radius 3 is 2.27 bits per heavy atom. The minimum atomic E-state index is -0.328. The van der Waals surface area contributed by atoms with Gasteiger partial charge in [-0.05, 0) is 54.5 Å². The van der Waals surface area contributed by atoms with Crippen LogP contribution in [0.2, 0.25) is 0 Å². The second-order valence-electron chi connectivity index (χ2n) is 10.0. The number of benzene rings is 1. The van der Waals surface area contributed by atoms with Crippen LogP contribution in [0.5, 0.6) is 0 Å². The smallest absolute Gasteiger partial charge is 0.242 e. The third-order valence-electron chi connectivity index (χ3n) is 5.29. The van der Waals surface area contributed by atoms with Crippen molar-refractivity contribution in [1.29, 1.82) is 0 Å². The molecule has 180 valence electrons. The van der Waals surface area contributed by atoms with Crippen LogP contribution in [0.4, 0.5) is 4.39 Å². The fraction of sp³-hybridized carbons (Fsp3) is 0.481. The Bertz CT molecular complexity index is 928. The van der Waals surface area contributed by atoms with Gasteiger partial charge in [-0.15, -0.1) is 6.58 Å². The Kier molecular flexibility index (Phi) is 9.44. The van der Waals surface area contributed by atoms with Gasteiger partial charge in [-0.3, -0.25) is 9.59 Å². The lowest BCUT2D eigenvalue weighted by atomic mass is 9.84. The summed E-state index contributed by atoms with van der Waals surface area (Å²) in [6.45, 7) is 14.9. The van der Waals surface area contributed by atoms with Gasteiger partial charge in [-0.25, -0.2) is 4.39 Å². The molecule has 2 amide bonds. The zero-order chi connectivity index (χ0) is 24.6. The monoisotopic (exact) mass is 456 g/mol. The quantitative estimate of drug-likeness (QED) is 0.406. The van der Waals surface area contributed by atoms with Gasteiger partial charge >= 0.3 is 0 Å². The molecular weight excluding hydrogens is 419 g/mol. The number of nitrogens with zero attached hydrogens (tertiary/aromatic N) is 2. The van der Waals surface area contributed by atoms with Crippen molar-refractivity contribution in [3.05, 3.63) is 72.0 Å². The van der Waals surface area contributed by atoms with Gasteiger partial charge in [-0.1, -0.05) is 45.9 Å². The number of amides is 2. The van der Waals surface area contributed by atoms with Crippen LogP contribution in [0, 0.1) is 24.1 Å². The van der Waals surface area contributed by atoms with Crippen LogP contribution in [0.25, 0.3) is 0 Å². The molecule has 6 heteroatoms. The minimum absolute atomic E-state index is 0.0476. The standard InChI is InChI=1S/C27H37FN2O3/c1-7-14-29(25(31)15-20(2)16-27(4,5)6)19-26(32)30(18-24-13-8-21(3)33-24)17-22-9-11-23(28)12-10-22/h7-13,20H,1,14-19H2,2-6H3. The number of hydrogen-bond acceptors (Lipinski definition) is 3. The van der Waals surface area contributed by atoms with Gasteiger partial charge in [0.25, 0.3) is 0 Å². The van der Waals surface area contributed by atoms with Crippen molar-refractivity contribution < 1.29 is 18.4 Å². The summed E-state index contributed by atoms with van der Waals surface area (Å²) in [6, 6.07) is 9.74. The number of carbonyl (C=O) groups is 2. The Morgan fingerprint density at radius 2 is 1.73 bits per heavy atom. The first-order chi connectivity index (χ1) is 15.5. The van der Waals surface area contributed by atoms with Gasteiger partial charge in [0, 0.05) is 19.5 Å². The van der Waals surface area contributed by atoms with E-state index in [1.807, 2.05) is 19.1 Å². The molecule has 0 saturated heterocycles. The van der Waals surface area contributed by atoms with Gasteiger partial charge in [-0.2, -0.15) is 0 Å². The fourth-order valence-electron chi connectivity index (χ4n) is 4.02. The lowest BCUT2D eigenvalue weighted by Crippen LogP contribution is -2.43. The minimum Gasteiger partial charge on any atom is -0.464 e. The molecule has 0 radical (unpaired) electrons. The molecule has 2 aromatic rings. The predicted octanol–water partition coefficient (Wildman–Crippen LogP) is 5.73. The van der Waals surface area contributed by atoms with Crippen LogP contribution in [-0.2, 0) is 22.7 Å². The van der Waals surface area contributed by atoms with E-state index < -0.39 is 0 Å². The number of carbonyl (C=O) groups excluding carboxylic acids is 2. The van der Waals surface area contributed by atoms with Gasteiger partial charge in [0.05, 0.1) is 6.54 Å². The van der Waals surface area contributed by atoms with E-state index in [-0.39, 0.29) is 48.6 Å². The average molecular weight is 457 g/mol. The van der Waals surface area contributed by atoms with Gasteiger partial charge < -0.3 is 14.2 Å². The van der Waals surface area contributed by atoms with Crippen molar-refractivity contribution in [3.63, 3.8) is 0 Å². The van der Waals surface area contributed by atoms with Crippen LogP contribution >= 0.6 is 0 Å². The highest BCUT2D eigenvalue weighted by Crippen LogP contribution is 2.26. The summed E-state index contributed by atoms with van der Waals surface area (Å²) in [7, 11) is 0. The Morgan fingerprint density at radius 1 is 1.06 bits per heavy atom. The lowest BCUT2D eigenvalue weighted by Gasteiger charge is -2.28. The largest absolute Gasteiger partial charge is 0.464 e. The summed E-state index contributed by atoms with van der Waals surface area (Å²) >= 11 is 0. The summed E-state index contributed by atoms with van der Waals surface area (Å²) in [4.78, 5) is 29.5. The number of aryl methyl sites for hydroxylation is 1. The van der Waals surface area contributed by atoms with Crippen LogP contribution in [0.15, 0.2) is 53.5 Å². The molecular formula is C27H37FN2O3. The van der Waals surface area contributed by atoms with E-state index in [1.54, 1.807) is 28.0 Å². The first-order valence-electron chi connectivity index (χ1n) is 11.4. The second kappa shape index (κ2) is 11.8. The molecule has 0 aliphatic rings. The third kappa shape index (κ3) is 9.24. The number of halogens is 1. The molecule has 33 heavy (non-hydrogen) atoms. The van der Waals surface area contributed by atoms with Crippen LogP contribution in [-0.4, -0.2) is 34.7 Å². The van der Waals surface area contributed by atoms with Gasteiger partial charge in [0.1, 0.15) is 23.9 Å². The zero-order valence-corrected chi connectivity index (χ0v) is 20.6. The lowest BCUT2D eigenvalue weighted by molar-refractivity contribution is -0.141. The maximum absolute atomic E-state index is 13.3. The van der Waals surface area contributed by atoms with E-state index in [4.69, 9.17) is 4.42 Å². The van der Waals surface area contributed by atoms with Crippen LogP contribution < -0.4 is 0 Å². The topological polar surface area (TPSA) is 53.8 Å². The first kappa shape index (κ1) is 26.4. The molecule has 0 spiro atoms. The molecule has 0 N–H and O–H groups in total. The van der Waals surface area contributed by atoms with E-state index >= 15 is 0 Å². The van der Waals surface area contributed by atoms with Crippen LogP contribution in [0.3, 0.4) is 0 Å². The van der Waals surface area contributed by atoms with E-state index in [2.05, 4.69) is 34.3 Å². The fourth-order valence-corrected chi connectivity index (χ4v) is 4.02. The average Bonchev–Trinajstić information content (AvgIpc) is 3.11. The first-order valence-corrected chi connectivity index (χ1v) is 11.4. The molecule has 0 bridgehead atoms. The van der Waals surface area contributed by atoms with Crippen molar-refractivity contribution in [1.82, 2.24) is 9.80 Å². The number of hydrogen-bond donors (Lipinski definition) is 0. The molecule has 0 aliphatic carbocycles. The third-order valence-corrected chi connectivity index (χ3v) is 5.29. The van der Waals surface area contributed by atoms with E-state index in [1.165, 1.54) is 12.1 Å². The summed E-state index contributed by atoms with van der Waals surface area (Å²) < 4.78 is 19.0.